The van der Waals surface area contributed by atoms with E-state index in [1.165, 1.54) is 25.3 Å². The highest BCUT2D eigenvalue weighted by Gasteiger charge is 2.18. The summed E-state index contributed by atoms with van der Waals surface area (Å²) in [7, 11) is 3.16. The molecule has 0 amide bonds. The molecule has 0 fully saturated rings. The lowest BCUT2D eigenvalue weighted by molar-refractivity contribution is -0.384. The van der Waals surface area contributed by atoms with Crippen LogP contribution in [0.5, 0.6) is 5.75 Å². The number of nitro groups is 1. The van der Waals surface area contributed by atoms with Crippen LogP contribution in [0.1, 0.15) is 21.5 Å². The monoisotopic (exact) mass is 330 g/mol. The number of ether oxygens (including phenoxy) is 2. The number of aryl methyl sites for hydroxylation is 1. The van der Waals surface area contributed by atoms with E-state index in [0.717, 1.165) is 11.1 Å². The average Bonchev–Trinajstić information content (AvgIpc) is 2.59. The number of rotatable bonds is 6. The van der Waals surface area contributed by atoms with Crippen LogP contribution in [0.3, 0.4) is 0 Å². The van der Waals surface area contributed by atoms with Gasteiger partial charge in [-0.25, -0.2) is 4.79 Å². The Balaban J connectivity index is 2.22. The molecule has 0 aromatic heterocycles. The summed E-state index contributed by atoms with van der Waals surface area (Å²) in [5.74, 6) is -0.0344. The van der Waals surface area contributed by atoms with Gasteiger partial charge >= 0.3 is 5.97 Å². The van der Waals surface area contributed by atoms with Crippen molar-refractivity contribution >= 4 is 17.3 Å². The summed E-state index contributed by atoms with van der Waals surface area (Å²) in [4.78, 5) is 22.7. The van der Waals surface area contributed by atoms with Crippen LogP contribution in [0, 0.1) is 17.0 Å². The zero-order valence-corrected chi connectivity index (χ0v) is 13.7. The Kier molecular flexibility index (Phi) is 5.36. The van der Waals surface area contributed by atoms with Crippen molar-refractivity contribution in [1.29, 1.82) is 0 Å². The van der Waals surface area contributed by atoms with Crippen molar-refractivity contribution in [2.24, 2.45) is 0 Å². The van der Waals surface area contributed by atoms with E-state index in [-0.39, 0.29) is 17.9 Å². The second-order valence-corrected chi connectivity index (χ2v) is 5.13. The van der Waals surface area contributed by atoms with Crippen LogP contribution in [0.2, 0.25) is 0 Å². The highest BCUT2D eigenvalue weighted by Crippen LogP contribution is 2.25. The Morgan fingerprint density at radius 1 is 1.25 bits per heavy atom. The molecule has 0 spiro atoms. The zero-order valence-electron chi connectivity index (χ0n) is 13.7. The topological polar surface area (TPSA) is 90.7 Å². The molecule has 0 aliphatic rings. The summed E-state index contributed by atoms with van der Waals surface area (Å²) in [5.41, 5.74) is 2.13. The first kappa shape index (κ1) is 17.3. The number of nitrogens with zero attached hydrogens (tertiary/aromatic N) is 1. The first-order chi connectivity index (χ1) is 11.5. The van der Waals surface area contributed by atoms with Crippen LogP contribution in [0.4, 0.5) is 11.4 Å². The van der Waals surface area contributed by atoms with E-state index < -0.39 is 10.9 Å². The molecule has 7 heteroatoms. The minimum atomic E-state index is -0.647. The Labute approximate surface area is 139 Å². The molecule has 0 radical (unpaired) electrons. The van der Waals surface area contributed by atoms with E-state index in [0.29, 0.717) is 11.4 Å². The van der Waals surface area contributed by atoms with Gasteiger partial charge in [0.1, 0.15) is 12.4 Å². The third-order valence-corrected chi connectivity index (χ3v) is 3.50. The Morgan fingerprint density at radius 3 is 2.62 bits per heavy atom. The van der Waals surface area contributed by atoms with Gasteiger partial charge in [0.15, 0.2) is 0 Å². The van der Waals surface area contributed by atoms with Gasteiger partial charge in [-0.2, -0.15) is 0 Å². The third-order valence-electron chi connectivity index (χ3n) is 3.50. The lowest BCUT2D eigenvalue weighted by Crippen LogP contribution is -2.09. The van der Waals surface area contributed by atoms with Crippen LogP contribution < -0.4 is 10.1 Å². The predicted octanol–water partition coefficient (Wildman–Crippen LogP) is 3.31. The number of carbonyl (C=O) groups is 1. The molecule has 0 unspecified atom stereocenters. The summed E-state index contributed by atoms with van der Waals surface area (Å²) in [6.07, 6.45) is 0. The molecule has 0 saturated carbocycles. The van der Waals surface area contributed by atoms with E-state index in [9.17, 15) is 14.9 Å². The van der Waals surface area contributed by atoms with Gasteiger partial charge < -0.3 is 14.8 Å². The molecule has 0 aliphatic carbocycles. The molecule has 7 nitrogen and oxygen atoms in total. The Morgan fingerprint density at radius 2 is 2.00 bits per heavy atom. The quantitative estimate of drug-likeness (QED) is 0.496. The lowest BCUT2D eigenvalue weighted by atomic mass is 10.1. The van der Waals surface area contributed by atoms with Crippen molar-refractivity contribution in [3.8, 4) is 5.75 Å². The number of methoxy groups -OCH3 is 1. The predicted molar refractivity (Wildman–Crippen MR) is 89.5 cm³/mol. The number of nitro benzene ring substituents is 1. The smallest absolute Gasteiger partial charge is 0.340 e. The molecule has 2 rings (SSSR count). The van der Waals surface area contributed by atoms with Gasteiger partial charge in [-0.05, 0) is 25.1 Å². The highest BCUT2D eigenvalue weighted by molar-refractivity contribution is 5.96. The molecule has 126 valence electrons. The van der Waals surface area contributed by atoms with Crippen molar-refractivity contribution in [3.05, 3.63) is 63.2 Å². The maximum Gasteiger partial charge on any atom is 0.340 e. The fourth-order valence-corrected chi connectivity index (χ4v) is 2.27. The number of nitrogens with one attached hydrogen (secondary N) is 1. The molecule has 0 bridgehead atoms. The molecule has 24 heavy (non-hydrogen) atoms. The number of carbonyl (C=O) groups excluding carboxylic acids is 1. The average molecular weight is 330 g/mol. The summed E-state index contributed by atoms with van der Waals surface area (Å²) in [6.45, 7) is 1.93. The molecular formula is C17H18N2O5. The maximum absolute atomic E-state index is 12.3. The second-order valence-electron chi connectivity index (χ2n) is 5.13. The molecule has 0 heterocycles. The summed E-state index contributed by atoms with van der Waals surface area (Å²) in [6, 6.07) is 9.54. The van der Waals surface area contributed by atoms with Gasteiger partial charge in [-0.15, -0.1) is 0 Å². The number of hydrogen-bond donors (Lipinski definition) is 1. The molecule has 1 N–H and O–H groups in total. The van der Waals surface area contributed by atoms with E-state index in [2.05, 4.69) is 5.32 Å². The molecule has 0 saturated heterocycles. The third kappa shape index (κ3) is 3.81. The molecule has 2 aromatic rings. The standard InChI is InChI=1S/C17H18N2O5/c1-11-4-7-16(23-3)12(8-11)10-24-17(20)14-9-13(19(21)22)5-6-15(14)18-2/h4-9,18H,10H2,1-3H3. The fourth-order valence-electron chi connectivity index (χ4n) is 2.27. The van der Waals surface area contributed by atoms with Gasteiger partial charge in [0.05, 0.1) is 17.6 Å². The number of hydrogen-bond acceptors (Lipinski definition) is 6. The van der Waals surface area contributed by atoms with E-state index >= 15 is 0 Å². The number of esters is 1. The minimum absolute atomic E-state index is 0.00946. The Bertz CT molecular complexity index is 774. The van der Waals surface area contributed by atoms with E-state index in [1.54, 1.807) is 13.1 Å². The summed E-state index contributed by atoms with van der Waals surface area (Å²) in [5, 5.41) is 13.7. The van der Waals surface area contributed by atoms with Gasteiger partial charge in [-0.1, -0.05) is 11.6 Å². The number of benzene rings is 2. The second kappa shape index (κ2) is 7.45. The zero-order chi connectivity index (χ0) is 17.7. The van der Waals surface area contributed by atoms with Crippen LogP contribution in [-0.4, -0.2) is 25.1 Å². The SMILES string of the molecule is CNc1ccc([N+](=O)[O-])cc1C(=O)OCc1cc(C)ccc1OC. The van der Waals surface area contributed by atoms with Gasteiger partial charge in [0.2, 0.25) is 0 Å². The largest absolute Gasteiger partial charge is 0.496 e. The fraction of sp³-hybridized carbons (Fsp3) is 0.235. The van der Waals surface area contributed by atoms with Gasteiger partial charge in [0.25, 0.3) is 5.69 Å². The maximum atomic E-state index is 12.3. The van der Waals surface area contributed by atoms with Crippen molar-refractivity contribution in [2.75, 3.05) is 19.5 Å². The van der Waals surface area contributed by atoms with E-state index in [1.807, 2.05) is 19.1 Å². The molecule has 2 aromatic carbocycles. The molecule has 0 aliphatic heterocycles. The van der Waals surface area contributed by atoms with Crippen LogP contribution in [-0.2, 0) is 11.3 Å². The minimum Gasteiger partial charge on any atom is -0.496 e. The van der Waals surface area contributed by atoms with Gasteiger partial charge in [0, 0.05) is 30.4 Å². The van der Waals surface area contributed by atoms with Gasteiger partial charge in [-0.3, -0.25) is 10.1 Å². The number of anilines is 1. The van der Waals surface area contributed by atoms with Crippen molar-refractivity contribution in [3.63, 3.8) is 0 Å². The lowest BCUT2D eigenvalue weighted by Gasteiger charge is -2.12. The first-order valence-corrected chi connectivity index (χ1v) is 7.23. The highest BCUT2D eigenvalue weighted by atomic mass is 16.6. The number of non-ortho nitro benzene ring substituents is 1. The molecule has 0 atom stereocenters. The Hall–Kier alpha value is -3.09. The normalized spacial score (nSPS) is 10.1. The molecular weight excluding hydrogens is 312 g/mol. The van der Waals surface area contributed by atoms with Crippen LogP contribution in [0.15, 0.2) is 36.4 Å². The summed E-state index contributed by atoms with van der Waals surface area (Å²) >= 11 is 0. The van der Waals surface area contributed by atoms with Crippen molar-refractivity contribution < 1.29 is 19.2 Å². The van der Waals surface area contributed by atoms with E-state index in [4.69, 9.17) is 9.47 Å². The van der Waals surface area contributed by atoms with Crippen molar-refractivity contribution in [1.82, 2.24) is 0 Å². The van der Waals surface area contributed by atoms with Crippen molar-refractivity contribution in [2.45, 2.75) is 13.5 Å². The van der Waals surface area contributed by atoms with Crippen LogP contribution in [0.25, 0.3) is 0 Å². The van der Waals surface area contributed by atoms with Crippen LogP contribution >= 0.6 is 0 Å². The first-order valence-electron chi connectivity index (χ1n) is 7.23. The summed E-state index contributed by atoms with van der Waals surface area (Å²) < 4.78 is 10.5.